The monoisotopic (exact) mass is 498 g/mol. The van der Waals surface area contributed by atoms with Crippen LogP contribution in [0.2, 0.25) is 5.02 Å². The van der Waals surface area contributed by atoms with E-state index in [2.05, 4.69) is 15.4 Å². The summed E-state index contributed by atoms with van der Waals surface area (Å²) in [5, 5.41) is 7.50. The fraction of sp³-hybridized carbons (Fsp3) is 0.440. The Labute approximate surface area is 208 Å². The number of aryl methyl sites for hydroxylation is 1. The number of amides is 2. The fourth-order valence-electron chi connectivity index (χ4n) is 4.65. The van der Waals surface area contributed by atoms with Gasteiger partial charge >= 0.3 is 6.03 Å². The molecule has 1 fully saturated rings. The van der Waals surface area contributed by atoms with Gasteiger partial charge in [-0.25, -0.2) is 19.2 Å². The number of nitrogens with zero attached hydrogens (tertiary/aromatic N) is 5. The van der Waals surface area contributed by atoms with E-state index in [1.165, 1.54) is 12.1 Å². The summed E-state index contributed by atoms with van der Waals surface area (Å²) in [6, 6.07) is 5.45. The van der Waals surface area contributed by atoms with Gasteiger partial charge in [0.05, 0.1) is 23.0 Å². The molecule has 1 aromatic carbocycles. The molecule has 1 atom stereocenters. The van der Waals surface area contributed by atoms with Gasteiger partial charge in [0.2, 0.25) is 0 Å². The van der Waals surface area contributed by atoms with Crippen molar-refractivity contribution in [2.75, 3.05) is 19.8 Å². The molecule has 1 N–H and O–H groups in total. The van der Waals surface area contributed by atoms with Crippen molar-refractivity contribution in [3.05, 3.63) is 75.8 Å². The lowest BCUT2D eigenvalue weighted by atomic mass is 9.96. The molecule has 0 bridgehead atoms. The molecule has 5 rings (SSSR count). The van der Waals surface area contributed by atoms with Crippen molar-refractivity contribution in [2.45, 2.75) is 38.3 Å². The molecule has 1 saturated heterocycles. The van der Waals surface area contributed by atoms with Gasteiger partial charge in [-0.3, -0.25) is 4.68 Å². The number of rotatable bonds is 5. The first-order valence-corrected chi connectivity index (χ1v) is 12.3. The highest BCUT2D eigenvalue weighted by Crippen LogP contribution is 2.26. The van der Waals surface area contributed by atoms with E-state index in [1.54, 1.807) is 35.0 Å². The number of nitrogens with one attached hydrogen (secondary N) is 1. The van der Waals surface area contributed by atoms with Crippen LogP contribution < -0.4 is 5.32 Å². The van der Waals surface area contributed by atoms with E-state index in [0.717, 1.165) is 49.6 Å². The van der Waals surface area contributed by atoms with Gasteiger partial charge in [0.1, 0.15) is 17.7 Å². The molecule has 2 amide bonds. The lowest BCUT2D eigenvalue weighted by Gasteiger charge is -2.30. The molecule has 35 heavy (non-hydrogen) atoms. The van der Waals surface area contributed by atoms with Crippen LogP contribution in [0.3, 0.4) is 0 Å². The summed E-state index contributed by atoms with van der Waals surface area (Å²) in [4.78, 5) is 24.4. The van der Waals surface area contributed by atoms with Gasteiger partial charge < -0.3 is 15.0 Å². The Morgan fingerprint density at radius 3 is 2.89 bits per heavy atom. The Balaban J connectivity index is 1.32. The second-order valence-electron chi connectivity index (χ2n) is 9.16. The number of ether oxygens (including phenoxy) is 1. The number of hydrogen-bond acceptors (Lipinski definition) is 5. The molecule has 0 unspecified atom stereocenters. The zero-order valence-corrected chi connectivity index (χ0v) is 20.3. The Bertz CT molecular complexity index is 1210. The van der Waals surface area contributed by atoms with Gasteiger partial charge in [-0.15, -0.1) is 0 Å². The van der Waals surface area contributed by atoms with Crippen LogP contribution in [0, 0.1) is 11.7 Å². The third-order valence-corrected chi connectivity index (χ3v) is 6.98. The molecule has 4 heterocycles. The van der Waals surface area contributed by atoms with Gasteiger partial charge in [0.15, 0.2) is 0 Å². The molecule has 8 nitrogen and oxygen atoms in total. The minimum Gasteiger partial charge on any atom is -0.381 e. The minimum atomic E-state index is -0.619. The molecule has 3 aromatic rings. The number of urea groups is 1. The molecule has 0 aliphatic carbocycles. The number of halogens is 2. The Morgan fingerprint density at radius 1 is 1.31 bits per heavy atom. The van der Waals surface area contributed by atoms with E-state index >= 15 is 0 Å². The molecule has 0 saturated carbocycles. The summed E-state index contributed by atoms with van der Waals surface area (Å²) < 4.78 is 21.3. The summed E-state index contributed by atoms with van der Waals surface area (Å²) >= 11 is 5.88. The number of carbonyl (C=O) groups excluding carboxylic acids is 1. The van der Waals surface area contributed by atoms with E-state index in [1.807, 2.05) is 6.20 Å². The average Bonchev–Trinajstić information content (AvgIpc) is 3.30. The Morgan fingerprint density at radius 2 is 2.14 bits per heavy atom. The quantitative estimate of drug-likeness (QED) is 0.578. The van der Waals surface area contributed by atoms with Crippen LogP contribution in [0.5, 0.6) is 0 Å². The van der Waals surface area contributed by atoms with Crippen LogP contribution in [0.4, 0.5) is 9.18 Å². The van der Waals surface area contributed by atoms with Gasteiger partial charge in [0.25, 0.3) is 0 Å². The van der Waals surface area contributed by atoms with E-state index in [0.29, 0.717) is 36.7 Å². The summed E-state index contributed by atoms with van der Waals surface area (Å²) in [6.07, 6.45) is 7.25. The van der Waals surface area contributed by atoms with Crippen LogP contribution in [0.25, 0.3) is 0 Å². The number of benzene rings is 1. The molecule has 2 aromatic heterocycles. The van der Waals surface area contributed by atoms with E-state index < -0.39 is 11.9 Å². The summed E-state index contributed by atoms with van der Waals surface area (Å²) in [5.41, 5.74) is 3.14. The molecule has 0 radical (unpaired) electrons. The number of aromatic nitrogens is 4. The van der Waals surface area contributed by atoms with Crippen LogP contribution in [-0.2, 0) is 31.2 Å². The van der Waals surface area contributed by atoms with Crippen LogP contribution in [0.15, 0.2) is 36.7 Å². The smallest absolute Gasteiger partial charge is 0.318 e. The third kappa shape index (κ3) is 5.46. The van der Waals surface area contributed by atoms with Crippen LogP contribution in [-0.4, -0.2) is 50.4 Å². The standard InChI is InChI=1S/C25H28ClFN6O2/c1-32-8-5-21(31-32)24(17-2-3-19(26)20(27)13-17)30-25(34)33-9-4-18-14-28-23(29-22(18)15-33)12-16-6-10-35-11-7-16/h2-3,5,8,13-14,16,24H,4,6-7,9-12,15H2,1H3,(H,30,34)/t24-/m0/s1. The van der Waals surface area contributed by atoms with Crippen molar-refractivity contribution < 1.29 is 13.9 Å². The van der Waals surface area contributed by atoms with Crippen molar-refractivity contribution in [1.82, 2.24) is 30.0 Å². The normalized spacial score (nSPS) is 17.2. The predicted octanol–water partition coefficient (Wildman–Crippen LogP) is 3.83. The highest BCUT2D eigenvalue weighted by atomic mass is 35.5. The van der Waals surface area contributed by atoms with Gasteiger partial charge in [0, 0.05) is 45.6 Å². The number of hydrogen-bond donors (Lipinski definition) is 1. The minimum absolute atomic E-state index is 0.0312. The first-order valence-electron chi connectivity index (χ1n) is 11.9. The van der Waals surface area contributed by atoms with Crippen LogP contribution >= 0.6 is 11.6 Å². The van der Waals surface area contributed by atoms with Gasteiger partial charge in [-0.2, -0.15) is 5.10 Å². The molecule has 0 spiro atoms. The topological polar surface area (TPSA) is 85.2 Å². The zero-order chi connectivity index (χ0) is 24.4. The molecular weight excluding hydrogens is 471 g/mol. The highest BCUT2D eigenvalue weighted by Gasteiger charge is 2.27. The highest BCUT2D eigenvalue weighted by molar-refractivity contribution is 6.30. The predicted molar refractivity (Wildman–Crippen MR) is 128 cm³/mol. The van der Waals surface area contributed by atoms with E-state index in [-0.39, 0.29) is 11.1 Å². The third-order valence-electron chi connectivity index (χ3n) is 6.67. The molecule has 10 heteroatoms. The summed E-state index contributed by atoms with van der Waals surface area (Å²) in [6.45, 7) is 2.52. The van der Waals surface area contributed by atoms with E-state index in [9.17, 15) is 9.18 Å². The Kier molecular flexibility index (Phi) is 6.97. The van der Waals surface area contributed by atoms with Crippen LogP contribution in [0.1, 0.15) is 47.2 Å². The Hall–Kier alpha value is -3.04. The summed E-state index contributed by atoms with van der Waals surface area (Å²) in [7, 11) is 1.80. The number of carbonyl (C=O) groups is 1. The lowest BCUT2D eigenvalue weighted by Crippen LogP contribution is -2.44. The largest absolute Gasteiger partial charge is 0.381 e. The van der Waals surface area contributed by atoms with Crippen molar-refractivity contribution in [1.29, 1.82) is 0 Å². The second kappa shape index (κ2) is 10.3. The second-order valence-corrected chi connectivity index (χ2v) is 9.57. The maximum atomic E-state index is 14.2. The van der Waals surface area contributed by atoms with Crippen molar-refractivity contribution in [2.24, 2.45) is 13.0 Å². The fourth-order valence-corrected chi connectivity index (χ4v) is 4.76. The zero-order valence-electron chi connectivity index (χ0n) is 19.6. The molecule has 2 aliphatic rings. The molecular formula is C25H28ClFN6O2. The van der Waals surface area contributed by atoms with Gasteiger partial charge in [-0.05, 0) is 54.5 Å². The molecule has 2 aliphatic heterocycles. The first-order chi connectivity index (χ1) is 17.0. The van der Waals surface area contributed by atoms with Crippen molar-refractivity contribution >= 4 is 17.6 Å². The first kappa shape index (κ1) is 23.7. The lowest BCUT2D eigenvalue weighted by molar-refractivity contribution is 0.0659. The van der Waals surface area contributed by atoms with Gasteiger partial charge in [-0.1, -0.05) is 17.7 Å². The average molecular weight is 499 g/mol. The van der Waals surface area contributed by atoms with Crippen molar-refractivity contribution in [3.8, 4) is 0 Å². The molecule has 184 valence electrons. The van der Waals surface area contributed by atoms with Crippen molar-refractivity contribution in [3.63, 3.8) is 0 Å². The SMILES string of the molecule is Cn1ccc([C@@H](NC(=O)N2CCc3cnc(CC4CCOCC4)nc3C2)c2ccc(Cl)c(F)c2)n1. The maximum Gasteiger partial charge on any atom is 0.318 e. The summed E-state index contributed by atoms with van der Waals surface area (Å²) in [5.74, 6) is 0.810. The van der Waals surface area contributed by atoms with E-state index in [4.69, 9.17) is 21.3 Å². The maximum absolute atomic E-state index is 14.2. The number of fused-ring (bicyclic) bond motifs is 1.